The van der Waals surface area contributed by atoms with Crippen LogP contribution in [0.15, 0.2) is 24.3 Å². The Morgan fingerprint density at radius 1 is 1.38 bits per heavy atom. The molecule has 0 amide bonds. The van der Waals surface area contributed by atoms with E-state index in [2.05, 4.69) is 14.8 Å². The van der Waals surface area contributed by atoms with Crippen LogP contribution in [-0.4, -0.2) is 28.4 Å². The first-order valence-electron chi connectivity index (χ1n) is 4.87. The molecule has 1 aromatic carbocycles. The van der Waals surface area contributed by atoms with Gasteiger partial charge in [-0.1, -0.05) is 27.8 Å². The lowest BCUT2D eigenvalue weighted by molar-refractivity contribution is 0.608. The standard InChI is InChI=1S/C10H11FN4S/c1-15(10-12-13-14-16-10)7-6-8-4-2-3-5-9(8)11/h2-5H,6-7H2,1H3. The molecule has 0 unspecified atom stereocenters. The first-order chi connectivity index (χ1) is 7.77. The molecule has 0 aliphatic rings. The first kappa shape index (κ1) is 10.9. The van der Waals surface area contributed by atoms with Gasteiger partial charge in [-0.15, -0.1) is 0 Å². The second-order valence-electron chi connectivity index (χ2n) is 3.41. The Morgan fingerprint density at radius 2 is 2.19 bits per heavy atom. The zero-order chi connectivity index (χ0) is 11.4. The van der Waals surface area contributed by atoms with Crippen molar-refractivity contribution in [1.82, 2.24) is 14.8 Å². The Balaban J connectivity index is 1.95. The van der Waals surface area contributed by atoms with Gasteiger partial charge in [-0.05, 0) is 23.3 Å². The Kier molecular flexibility index (Phi) is 3.40. The molecule has 6 heteroatoms. The highest BCUT2D eigenvalue weighted by Crippen LogP contribution is 2.13. The van der Waals surface area contributed by atoms with Crippen molar-refractivity contribution in [2.45, 2.75) is 6.42 Å². The van der Waals surface area contributed by atoms with Gasteiger partial charge in [-0.3, -0.25) is 0 Å². The average Bonchev–Trinajstić information content (AvgIpc) is 2.81. The van der Waals surface area contributed by atoms with Crippen LogP contribution in [0.2, 0.25) is 0 Å². The van der Waals surface area contributed by atoms with Crippen LogP contribution in [0.25, 0.3) is 0 Å². The van der Waals surface area contributed by atoms with E-state index >= 15 is 0 Å². The van der Waals surface area contributed by atoms with Gasteiger partial charge in [0.1, 0.15) is 5.82 Å². The highest BCUT2D eigenvalue weighted by Gasteiger charge is 2.07. The number of hydrogen-bond acceptors (Lipinski definition) is 5. The minimum atomic E-state index is -0.161. The fraction of sp³-hybridized carbons (Fsp3) is 0.300. The molecule has 0 atom stereocenters. The van der Waals surface area contributed by atoms with Crippen molar-refractivity contribution >= 4 is 16.7 Å². The lowest BCUT2D eigenvalue weighted by atomic mass is 10.1. The smallest absolute Gasteiger partial charge is 0.227 e. The van der Waals surface area contributed by atoms with Gasteiger partial charge in [0.05, 0.1) is 0 Å². The molecule has 0 radical (unpaired) electrons. The third kappa shape index (κ3) is 2.52. The maximum absolute atomic E-state index is 13.3. The molecule has 0 saturated heterocycles. The van der Waals surface area contributed by atoms with E-state index in [4.69, 9.17) is 0 Å². The van der Waals surface area contributed by atoms with Crippen molar-refractivity contribution in [1.29, 1.82) is 0 Å². The van der Waals surface area contributed by atoms with E-state index in [9.17, 15) is 4.39 Å². The van der Waals surface area contributed by atoms with Gasteiger partial charge in [-0.25, -0.2) is 4.39 Å². The summed E-state index contributed by atoms with van der Waals surface area (Å²) in [5, 5.41) is 8.11. The Bertz CT molecular complexity index is 446. The molecule has 4 nitrogen and oxygen atoms in total. The molecule has 0 aliphatic heterocycles. The molecule has 0 fully saturated rings. The van der Waals surface area contributed by atoms with E-state index in [1.165, 1.54) is 17.6 Å². The third-order valence-electron chi connectivity index (χ3n) is 2.29. The zero-order valence-corrected chi connectivity index (χ0v) is 9.62. The van der Waals surface area contributed by atoms with Crippen LogP contribution in [0.5, 0.6) is 0 Å². The molecular weight excluding hydrogens is 227 g/mol. The molecule has 0 N–H and O–H groups in total. The summed E-state index contributed by atoms with van der Waals surface area (Å²) in [5.41, 5.74) is 0.715. The van der Waals surface area contributed by atoms with E-state index in [0.29, 0.717) is 18.5 Å². The van der Waals surface area contributed by atoms with Gasteiger partial charge in [0.15, 0.2) is 0 Å². The number of nitrogens with zero attached hydrogens (tertiary/aromatic N) is 4. The summed E-state index contributed by atoms with van der Waals surface area (Å²) in [6, 6.07) is 6.80. The van der Waals surface area contributed by atoms with Crippen molar-refractivity contribution in [3.63, 3.8) is 0 Å². The average molecular weight is 238 g/mol. The summed E-state index contributed by atoms with van der Waals surface area (Å²) in [4.78, 5) is 1.91. The lowest BCUT2D eigenvalue weighted by Crippen LogP contribution is -2.20. The maximum Gasteiger partial charge on any atom is 0.227 e. The predicted molar refractivity (Wildman–Crippen MR) is 61.1 cm³/mol. The van der Waals surface area contributed by atoms with Crippen LogP contribution in [0.4, 0.5) is 9.52 Å². The Morgan fingerprint density at radius 3 is 2.88 bits per heavy atom. The van der Waals surface area contributed by atoms with Gasteiger partial charge < -0.3 is 4.90 Å². The summed E-state index contributed by atoms with van der Waals surface area (Å²) >= 11 is 1.23. The van der Waals surface area contributed by atoms with Gasteiger partial charge in [-0.2, -0.15) is 0 Å². The van der Waals surface area contributed by atoms with Crippen molar-refractivity contribution in [2.75, 3.05) is 18.5 Å². The van der Waals surface area contributed by atoms with E-state index in [1.54, 1.807) is 12.1 Å². The molecule has 16 heavy (non-hydrogen) atoms. The fourth-order valence-corrected chi connectivity index (χ4v) is 1.81. The largest absolute Gasteiger partial charge is 0.348 e. The summed E-state index contributed by atoms with van der Waals surface area (Å²) in [6.07, 6.45) is 0.642. The number of benzene rings is 1. The highest BCUT2D eigenvalue weighted by molar-refractivity contribution is 7.09. The summed E-state index contributed by atoms with van der Waals surface area (Å²) < 4.78 is 17.0. The number of likely N-dealkylation sites (N-methyl/N-ethyl adjacent to an activating group) is 1. The van der Waals surface area contributed by atoms with Crippen molar-refractivity contribution in [2.24, 2.45) is 0 Å². The van der Waals surface area contributed by atoms with Gasteiger partial charge >= 0.3 is 0 Å². The summed E-state index contributed by atoms with van der Waals surface area (Å²) in [5.74, 6) is -0.161. The molecule has 84 valence electrons. The quantitative estimate of drug-likeness (QED) is 0.813. The Hall–Kier alpha value is -1.56. The van der Waals surface area contributed by atoms with Crippen LogP contribution in [-0.2, 0) is 6.42 Å². The third-order valence-corrected chi connectivity index (χ3v) is 3.00. The second kappa shape index (κ2) is 4.98. The van der Waals surface area contributed by atoms with Crippen molar-refractivity contribution in [3.8, 4) is 0 Å². The molecule has 1 aromatic heterocycles. The van der Waals surface area contributed by atoms with Gasteiger partial charge in [0.2, 0.25) is 5.13 Å². The number of halogens is 1. The molecular formula is C10H11FN4S. The monoisotopic (exact) mass is 238 g/mol. The van der Waals surface area contributed by atoms with E-state index in [1.807, 2.05) is 18.0 Å². The zero-order valence-electron chi connectivity index (χ0n) is 8.80. The predicted octanol–water partition coefficient (Wildman–Crippen LogP) is 1.75. The molecule has 2 aromatic rings. The molecule has 0 aliphatic carbocycles. The lowest BCUT2D eigenvalue weighted by Gasteiger charge is -2.14. The van der Waals surface area contributed by atoms with Crippen LogP contribution in [0, 0.1) is 5.82 Å². The minimum absolute atomic E-state index is 0.161. The van der Waals surface area contributed by atoms with Gasteiger partial charge in [0, 0.05) is 25.1 Å². The molecule has 0 bridgehead atoms. The van der Waals surface area contributed by atoms with Crippen LogP contribution in [0.1, 0.15) is 5.56 Å². The molecule has 1 heterocycles. The molecule has 0 spiro atoms. The van der Waals surface area contributed by atoms with Crippen LogP contribution < -0.4 is 4.90 Å². The maximum atomic E-state index is 13.3. The minimum Gasteiger partial charge on any atom is -0.348 e. The summed E-state index contributed by atoms with van der Waals surface area (Å²) in [7, 11) is 1.89. The van der Waals surface area contributed by atoms with E-state index in [0.717, 1.165) is 5.13 Å². The van der Waals surface area contributed by atoms with Crippen LogP contribution in [0.3, 0.4) is 0 Å². The normalized spacial score (nSPS) is 10.4. The number of rotatable bonds is 4. The fourth-order valence-electron chi connectivity index (χ4n) is 1.36. The summed E-state index contributed by atoms with van der Waals surface area (Å²) in [6.45, 7) is 0.692. The highest BCUT2D eigenvalue weighted by atomic mass is 32.1. The van der Waals surface area contributed by atoms with E-state index in [-0.39, 0.29) is 5.82 Å². The topological polar surface area (TPSA) is 41.9 Å². The Labute approximate surface area is 96.9 Å². The second-order valence-corrected chi connectivity index (χ2v) is 4.12. The number of aromatic nitrogens is 3. The first-order valence-corrected chi connectivity index (χ1v) is 5.64. The molecule has 0 saturated carbocycles. The van der Waals surface area contributed by atoms with Crippen LogP contribution >= 0.6 is 11.5 Å². The van der Waals surface area contributed by atoms with Crippen molar-refractivity contribution < 1.29 is 4.39 Å². The number of hydrogen-bond donors (Lipinski definition) is 0. The van der Waals surface area contributed by atoms with Gasteiger partial charge in [0.25, 0.3) is 0 Å². The van der Waals surface area contributed by atoms with Crippen molar-refractivity contribution in [3.05, 3.63) is 35.6 Å². The van der Waals surface area contributed by atoms with E-state index < -0.39 is 0 Å². The molecule has 2 rings (SSSR count). The number of anilines is 1. The SMILES string of the molecule is CN(CCc1ccccc1F)c1nnns1.